The Kier molecular flexibility index (Phi) is 9.15. The van der Waals surface area contributed by atoms with Gasteiger partial charge in [-0.05, 0) is 24.3 Å². The van der Waals surface area contributed by atoms with Gasteiger partial charge in [0, 0.05) is 31.8 Å². The van der Waals surface area contributed by atoms with Crippen molar-refractivity contribution in [1.29, 1.82) is 0 Å². The Balaban J connectivity index is 1.68. The molecule has 0 saturated heterocycles. The number of methoxy groups -OCH3 is 1. The molecule has 2 heterocycles. The van der Waals surface area contributed by atoms with Crippen LogP contribution in [0, 0.1) is 0 Å². The highest BCUT2D eigenvalue weighted by Crippen LogP contribution is 2.35. The fourth-order valence-electron chi connectivity index (χ4n) is 4.10. The molecule has 0 spiro atoms. The Bertz CT molecular complexity index is 1250. The van der Waals surface area contributed by atoms with Crippen LogP contribution < -0.4 is 9.47 Å². The summed E-state index contributed by atoms with van der Waals surface area (Å²) in [7, 11) is 3.49. The molecule has 1 atom stereocenters. The number of aliphatic hydroxyl groups is 1. The molecule has 0 aliphatic heterocycles. The van der Waals surface area contributed by atoms with Crippen molar-refractivity contribution in [1.82, 2.24) is 14.7 Å². The summed E-state index contributed by atoms with van der Waals surface area (Å²) in [6.45, 7) is 5.55. The van der Waals surface area contributed by atoms with Crippen LogP contribution in [0.1, 0.15) is 11.3 Å². The van der Waals surface area contributed by atoms with E-state index in [1.165, 1.54) is 0 Å². The molecular formula is C29H33N3O5. The smallest absolute Gasteiger partial charge is 0.222 e. The minimum Gasteiger partial charge on any atom is -0.497 e. The number of aryl methyl sites for hydroxylation is 1. The zero-order chi connectivity index (χ0) is 26.0. The first-order valence-corrected chi connectivity index (χ1v) is 12.1. The molecule has 8 nitrogen and oxygen atoms in total. The first-order valence-electron chi connectivity index (χ1n) is 12.1. The highest BCUT2D eigenvalue weighted by Gasteiger charge is 2.24. The van der Waals surface area contributed by atoms with Crippen LogP contribution in [0.25, 0.3) is 11.3 Å². The normalized spacial score (nSPS) is 12.0. The van der Waals surface area contributed by atoms with E-state index in [1.54, 1.807) is 24.1 Å². The third-order valence-electron chi connectivity index (χ3n) is 5.75. The Hall–Kier alpha value is -3.85. The fourth-order valence-corrected chi connectivity index (χ4v) is 4.10. The van der Waals surface area contributed by atoms with Crippen LogP contribution in [-0.4, -0.2) is 52.8 Å². The number of nitrogens with zero attached hydrogens (tertiary/aromatic N) is 3. The molecule has 1 unspecified atom stereocenters. The molecule has 4 aromatic rings. The molecule has 0 saturated carbocycles. The van der Waals surface area contributed by atoms with Crippen molar-refractivity contribution in [2.45, 2.75) is 19.2 Å². The van der Waals surface area contributed by atoms with Gasteiger partial charge in [-0.15, -0.1) is 6.58 Å². The van der Waals surface area contributed by atoms with E-state index in [2.05, 4.69) is 11.5 Å². The summed E-state index contributed by atoms with van der Waals surface area (Å²) in [4.78, 5) is 2.10. The van der Waals surface area contributed by atoms with Gasteiger partial charge in [-0.25, -0.2) is 4.68 Å². The summed E-state index contributed by atoms with van der Waals surface area (Å²) >= 11 is 0. The number of hydrogen-bond donors (Lipinski definition) is 1. The van der Waals surface area contributed by atoms with Gasteiger partial charge in [0.25, 0.3) is 0 Å². The fraction of sp³-hybridized carbons (Fsp3) is 0.276. The van der Waals surface area contributed by atoms with Crippen molar-refractivity contribution < 1.29 is 23.7 Å². The summed E-state index contributed by atoms with van der Waals surface area (Å²) in [5.41, 5.74) is 2.67. The standard InChI is InChI=1S/C29H33N3O5/c1-4-15-35-21-23(33)18-32(19-26-14-9-16-36-26)20-27-28(22-10-6-5-7-11-22)30-31(2)29(27)37-25-13-8-12-24(17-25)34-3/h4-14,16-17,23,33H,1,15,18-21H2,2-3H3. The third-order valence-corrected chi connectivity index (χ3v) is 5.75. The first kappa shape index (κ1) is 26.2. The van der Waals surface area contributed by atoms with E-state index in [1.807, 2.05) is 73.8 Å². The molecule has 194 valence electrons. The van der Waals surface area contributed by atoms with Gasteiger partial charge in [-0.1, -0.05) is 42.5 Å². The predicted molar refractivity (Wildman–Crippen MR) is 142 cm³/mol. The average molecular weight is 504 g/mol. The molecular weight excluding hydrogens is 470 g/mol. The van der Waals surface area contributed by atoms with Crippen molar-refractivity contribution in [3.8, 4) is 28.6 Å². The molecule has 2 aromatic heterocycles. The summed E-state index contributed by atoms with van der Waals surface area (Å²) in [6, 6.07) is 21.2. The molecule has 0 amide bonds. The lowest BCUT2D eigenvalue weighted by molar-refractivity contribution is 0.0215. The van der Waals surface area contributed by atoms with Crippen molar-refractivity contribution >= 4 is 0 Å². The number of aromatic nitrogens is 2. The molecule has 1 N–H and O–H groups in total. The molecule has 0 bridgehead atoms. The lowest BCUT2D eigenvalue weighted by Crippen LogP contribution is -2.34. The maximum atomic E-state index is 10.7. The summed E-state index contributed by atoms with van der Waals surface area (Å²) in [5, 5.41) is 15.5. The maximum absolute atomic E-state index is 10.7. The summed E-state index contributed by atoms with van der Waals surface area (Å²) in [6.07, 6.45) is 2.61. The Labute approximate surface area is 217 Å². The van der Waals surface area contributed by atoms with Gasteiger partial charge in [0.05, 0.1) is 44.8 Å². The van der Waals surface area contributed by atoms with E-state index in [9.17, 15) is 5.11 Å². The van der Waals surface area contributed by atoms with Gasteiger partial charge in [0.1, 0.15) is 23.0 Å². The Morgan fingerprint density at radius 3 is 2.62 bits per heavy atom. The van der Waals surface area contributed by atoms with Crippen LogP contribution >= 0.6 is 0 Å². The van der Waals surface area contributed by atoms with Crippen molar-refractivity contribution in [3.05, 3.63) is 97.0 Å². The number of benzene rings is 2. The first-order chi connectivity index (χ1) is 18.1. The number of rotatable bonds is 14. The third kappa shape index (κ3) is 7.10. The van der Waals surface area contributed by atoms with E-state index >= 15 is 0 Å². The highest BCUT2D eigenvalue weighted by atomic mass is 16.5. The van der Waals surface area contributed by atoms with E-state index < -0.39 is 6.10 Å². The Morgan fingerprint density at radius 2 is 1.89 bits per heavy atom. The molecule has 0 radical (unpaired) electrons. The van der Waals surface area contributed by atoms with Gasteiger partial charge in [-0.3, -0.25) is 4.90 Å². The van der Waals surface area contributed by atoms with Gasteiger partial charge < -0.3 is 23.7 Å². The van der Waals surface area contributed by atoms with Gasteiger partial charge in [0.2, 0.25) is 5.88 Å². The van der Waals surface area contributed by atoms with Crippen LogP contribution in [0.3, 0.4) is 0 Å². The zero-order valence-corrected chi connectivity index (χ0v) is 21.2. The van der Waals surface area contributed by atoms with Crippen LogP contribution in [0.4, 0.5) is 0 Å². The zero-order valence-electron chi connectivity index (χ0n) is 21.2. The second-order valence-corrected chi connectivity index (χ2v) is 8.63. The largest absolute Gasteiger partial charge is 0.497 e. The van der Waals surface area contributed by atoms with Crippen molar-refractivity contribution in [2.24, 2.45) is 7.05 Å². The maximum Gasteiger partial charge on any atom is 0.222 e. The molecule has 0 aliphatic carbocycles. The quantitative estimate of drug-likeness (QED) is 0.191. The van der Waals surface area contributed by atoms with Crippen LogP contribution in [0.2, 0.25) is 0 Å². The number of furan rings is 1. The van der Waals surface area contributed by atoms with Crippen LogP contribution in [0.5, 0.6) is 17.4 Å². The molecule has 4 rings (SSSR count). The molecule has 0 aliphatic rings. The monoisotopic (exact) mass is 503 g/mol. The number of hydrogen-bond acceptors (Lipinski definition) is 7. The van der Waals surface area contributed by atoms with E-state index in [4.69, 9.17) is 23.7 Å². The molecule has 2 aromatic carbocycles. The van der Waals surface area contributed by atoms with Gasteiger partial charge in [-0.2, -0.15) is 5.10 Å². The van der Waals surface area contributed by atoms with Crippen molar-refractivity contribution in [2.75, 3.05) is 26.9 Å². The van der Waals surface area contributed by atoms with E-state index in [0.29, 0.717) is 43.6 Å². The van der Waals surface area contributed by atoms with E-state index in [-0.39, 0.29) is 6.61 Å². The predicted octanol–water partition coefficient (Wildman–Crippen LogP) is 5.05. The van der Waals surface area contributed by atoms with Crippen LogP contribution in [0.15, 0.2) is 90.1 Å². The minimum absolute atomic E-state index is 0.201. The minimum atomic E-state index is -0.700. The van der Waals surface area contributed by atoms with Gasteiger partial charge >= 0.3 is 0 Å². The molecule has 37 heavy (non-hydrogen) atoms. The topological polar surface area (TPSA) is 82.1 Å². The lowest BCUT2D eigenvalue weighted by Gasteiger charge is -2.25. The summed E-state index contributed by atoms with van der Waals surface area (Å²) in [5.74, 6) is 2.74. The summed E-state index contributed by atoms with van der Waals surface area (Å²) < 4.78 is 24.6. The highest BCUT2D eigenvalue weighted by molar-refractivity contribution is 5.65. The van der Waals surface area contributed by atoms with E-state index in [0.717, 1.165) is 22.6 Å². The number of aliphatic hydroxyl groups excluding tert-OH is 1. The second-order valence-electron chi connectivity index (χ2n) is 8.63. The Morgan fingerprint density at radius 1 is 1.08 bits per heavy atom. The lowest BCUT2D eigenvalue weighted by atomic mass is 10.1. The van der Waals surface area contributed by atoms with Crippen LogP contribution in [-0.2, 0) is 24.9 Å². The average Bonchev–Trinajstić information content (AvgIpc) is 3.53. The van der Waals surface area contributed by atoms with Crippen molar-refractivity contribution in [3.63, 3.8) is 0 Å². The second kappa shape index (κ2) is 12.9. The number of ether oxygens (including phenoxy) is 3. The SMILES string of the molecule is C=CCOCC(O)CN(Cc1ccco1)Cc1c(-c2ccccc2)nn(C)c1Oc1cccc(OC)c1. The van der Waals surface area contributed by atoms with Gasteiger partial charge in [0.15, 0.2) is 0 Å². The molecule has 8 heteroatoms. The molecule has 0 fully saturated rings.